The summed E-state index contributed by atoms with van der Waals surface area (Å²) in [5.41, 5.74) is 0.656. The Morgan fingerprint density at radius 3 is 2.64 bits per heavy atom. The monoisotopic (exact) mass is 327 g/mol. The lowest BCUT2D eigenvalue weighted by Gasteiger charge is -2.20. The number of esters is 1. The van der Waals surface area contributed by atoms with E-state index < -0.39 is 10.0 Å². The van der Waals surface area contributed by atoms with Crippen molar-refractivity contribution in [2.24, 2.45) is 5.92 Å². The van der Waals surface area contributed by atoms with E-state index in [-0.39, 0.29) is 23.4 Å². The highest BCUT2D eigenvalue weighted by atomic mass is 32.2. The molecule has 0 spiro atoms. The van der Waals surface area contributed by atoms with Crippen LogP contribution in [0.2, 0.25) is 0 Å². The van der Waals surface area contributed by atoms with Crippen LogP contribution >= 0.6 is 0 Å². The van der Waals surface area contributed by atoms with Crippen molar-refractivity contribution in [3.05, 3.63) is 29.8 Å². The van der Waals surface area contributed by atoms with Gasteiger partial charge >= 0.3 is 5.97 Å². The maximum absolute atomic E-state index is 12.1. The van der Waals surface area contributed by atoms with Crippen LogP contribution in [0.5, 0.6) is 0 Å². The lowest BCUT2D eigenvalue weighted by atomic mass is 10.0. The highest BCUT2D eigenvalue weighted by Gasteiger charge is 2.23. The van der Waals surface area contributed by atoms with Crippen LogP contribution in [-0.4, -0.2) is 46.0 Å². The molecule has 0 radical (unpaired) electrons. The molecule has 22 heavy (non-hydrogen) atoms. The molecule has 0 amide bonds. The van der Waals surface area contributed by atoms with Gasteiger partial charge in [-0.05, 0) is 30.5 Å². The number of carbonyl (C=O) groups is 1. The highest BCUT2D eigenvalue weighted by Crippen LogP contribution is 2.19. The van der Waals surface area contributed by atoms with Gasteiger partial charge < -0.3 is 9.47 Å². The molecule has 1 aromatic rings. The molecule has 1 aliphatic heterocycles. The Morgan fingerprint density at radius 2 is 2.00 bits per heavy atom. The fourth-order valence-electron chi connectivity index (χ4n) is 2.21. The van der Waals surface area contributed by atoms with Crippen molar-refractivity contribution < 1.29 is 22.7 Å². The normalized spacial score (nSPS) is 16.7. The van der Waals surface area contributed by atoms with Crippen LogP contribution in [0.1, 0.15) is 18.4 Å². The van der Waals surface area contributed by atoms with E-state index in [1.165, 1.54) is 26.2 Å². The van der Waals surface area contributed by atoms with Crippen LogP contribution in [-0.2, 0) is 30.9 Å². The fraction of sp³-hybridized carbons (Fsp3) is 0.533. The van der Waals surface area contributed by atoms with Crippen LogP contribution in [0.3, 0.4) is 0 Å². The van der Waals surface area contributed by atoms with Crippen LogP contribution in [0.25, 0.3) is 0 Å². The van der Waals surface area contributed by atoms with Crippen LogP contribution in [0, 0.1) is 5.92 Å². The summed E-state index contributed by atoms with van der Waals surface area (Å²) in [4.78, 5) is 12.1. The number of carbonyl (C=O) groups excluding carboxylic acids is 1. The minimum absolute atomic E-state index is 0.0764. The second-order valence-electron chi connectivity index (χ2n) is 5.43. The molecule has 0 atom stereocenters. The molecule has 2 rings (SSSR count). The average molecular weight is 327 g/mol. The lowest BCUT2D eigenvalue weighted by Crippen LogP contribution is -2.25. The largest absolute Gasteiger partial charge is 0.461 e. The summed E-state index contributed by atoms with van der Waals surface area (Å²) < 4.78 is 35.8. The maximum Gasteiger partial charge on any atom is 0.309 e. The molecule has 7 heteroatoms. The Balaban J connectivity index is 2.00. The van der Waals surface area contributed by atoms with Gasteiger partial charge in [0.25, 0.3) is 0 Å². The minimum Gasteiger partial charge on any atom is -0.461 e. The molecule has 0 N–H and O–H groups in total. The van der Waals surface area contributed by atoms with Gasteiger partial charge in [-0.25, -0.2) is 12.7 Å². The summed E-state index contributed by atoms with van der Waals surface area (Å²) >= 11 is 0. The molecular weight excluding hydrogens is 306 g/mol. The standard InChI is InChI=1S/C15H21NO5S/c1-16(2)22(18,19)14-5-3-4-12(10-14)11-21-15(17)13-6-8-20-9-7-13/h3-5,10,13H,6-9,11H2,1-2H3. The van der Waals surface area contributed by atoms with Gasteiger partial charge in [0.05, 0.1) is 10.8 Å². The Hall–Kier alpha value is -1.44. The smallest absolute Gasteiger partial charge is 0.309 e. The van der Waals surface area contributed by atoms with Gasteiger partial charge in [-0.3, -0.25) is 4.79 Å². The zero-order valence-electron chi connectivity index (χ0n) is 12.8. The zero-order valence-corrected chi connectivity index (χ0v) is 13.6. The zero-order chi connectivity index (χ0) is 16.2. The third-order valence-corrected chi connectivity index (χ3v) is 5.42. The number of sulfonamides is 1. The Morgan fingerprint density at radius 1 is 1.32 bits per heavy atom. The van der Waals surface area contributed by atoms with Crippen molar-refractivity contribution in [3.8, 4) is 0 Å². The summed E-state index contributed by atoms with van der Waals surface area (Å²) in [6.45, 7) is 1.24. The van der Waals surface area contributed by atoms with E-state index in [0.717, 1.165) is 4.31 Å². The SMILES string of the molecule is CN(C)S(=O)(=O)c1cccc(COC(=O)C2CCOCC2)c1. The summed E-state index contributed by atoms with van der Waals surface area (Å²) in [6, 6.07) is 6.45. The van der Waals surface area contributed by atoms with Crippen molar-refractivity contribution >= 4 is 16.0 Å². The van der Waals surface area contributed by atoms with Crippen LogP contribution in [0.15, 0.2) is 29.2 Å². The summed E-state index contributed by atoms with van der Waals surface area (Å²) in [7, 11) is -0.523. The molecule has 0 aliphatic carbocycles. The molecule has 122 valence electrons. The Kier molecular flexibility index (Phi) is 5.55. The van der Waals surface area contributed by atoms with E-state index in [2.05, 4.69) is 0 Å². The van der Waals surface area contributed by atoms with Crippen molar-refractivity contribution in [1.82, 2.24) is 4.31 Å². The van der Waals surface area contributed by atoms with E-state index >= 15 is 0 Å². The molecule has 1 heterocycles. The van der Waals surface area contributed by atoms with Crippen LogP contribution in [0.4, 0.5) is 0 Å². The molecular formula is C15H21NO5S. The molecule has 0 bridgehead atoms. The third-order valence-electron chi connectivity index (χ3n) is 3.61. The van der Waals surface area contributed by atoms with Gasteiger partial charge in [-0.1, -0.05) is 12.1 Å². The van der Waals surface area contributed by atoms with Crippen LogP contribution < -0.4 is 0 Å². The number of rotatable bonds is 5. The van der Waals surface area contributed by atoms with Gasteiger partial charge in [0, 0.05) is 27.3 Å². The van der Waals surface area contributed by atoms with E-state index in [4.69, 9.17) is 9.47 Å². The van der Waals surface area contributed by atoms with Gasteiger partial charge in [-0.15, -0.1) is 0 Å². The Bertz CT molecular complexity index is 621. The first-order valence-electron chi connectivity index (χ1n) is 7.17. The predicted molar refractivity (Wildman–Crippen MR) is 80.7 cm³/mol. The average Bonchev–Trinajstić information content (AvgIpc) is 2.53. The van der Waals surface area contributed by atoms with Gasteiger partial charge in [0.2, 0.25) is 10.0 Å². The first-order chi connectivity index (χ1) is 10.4. The van der Waals surface area contributed by atoms with E-state index in [1.807, 2.05) is 0 Å². The molecule has 0 aromatic heterocycles. The van der Waals surface area contributed by atoms with Gasteiger partial charge in [-0.2, -0.15) is 0 Å². The molecule has 6 nitrogen and oxygen atoms in total. The van der Waals surface area contributed by atoms with Crippen molar-refractivity contribution in [2.45, 2.75) is 24.3 Å². The van der Waals surface area contributed by atoms with Gasteiger partial charge in [0.1, 0.15) is 6.61 Å². The Labute approximate surface area is 131 Å². The molecule has 0 unspecified atom stereocenters. The summed E-state index contributed by atoms with van der Waals surface area (Å²) in [5, 5.41) is 0. The fourth-order valence-corrected chi connectivity index (χ4v) is 3.18. The first kappa shape index (κ1) is 16.9. The van der Waals surface area contributed by atoms with E-state index in [0.29, 0.717) is 31.6 Å². The molecule has 1 fully saturated rings. The molecule has 1 saturated heterocycles. The summed E-state index contributed by atoms with van der Waals surface area (Å²) in [5.74, 6) is -0.369. The first-order valence-corrected chi connectivity index (χ1v) is 8.61. The number of hydrogen-bond acceptors (Lipinski definition) is 5. The highest BCUT2D eigenvalue weighted by molar-refractivity contribution is 7.89. The minimum atomic E-state index is -3.48. The van der Waals surface area contributed by atoms with Gasteiger partial charge in [0.15, 0.2) is 0 Å². The maximum atomic E-state index is 12.1. The van der Waals surface area contributed by atoms with Crippen molar-refractivity contribution in [2.75, 3.05) is 27.3 Å². The number of benzene rings is 1. The quantitative estimate of drug-likeness (QED) is 0.765. The summed E-state index contributed by atoms with van der Waals surface area (Å²) in [6.07, 6.45) is 1.35. The van der Waals surface area contributed by atoms with Crippen molar-refractivity contribution in [3.63, 3.8) is 0 Å². The van der Waals surface area contributed by atoms with E-state index in [9.17, 15) is 13.2 Å². The molecule has 1 aromatic carbocycles. The molecule has 1 aliphatic rings. The second kappa shape index (κ2) is 7.21. The second-order valence-corrected chi connectivity index (χ2v) is 7.58. The predicted octanol–water partition coefficient (Wildman–Crippen LogP) is 1.41. The van der Waals surface area contributed by atoms with Crippen molar-refractivity contribution in [1.29, 1.82) is 0 Å². The topological polar surface area (TPSA) is 72.9 Å². The molecule has 0 saturated carbocycles. The number of hydrogen-bond donors (Lipinski definition) is 0. The lowest BCUT2D eigenvalue weighted by molar-refractivity contribution is -0.153. The number of ether oxygens (including phenoxy) is 2. The number of nitrogens with zero attached hydrogens (tertiary/aromatic N) is 1. The third kappa shape index (κ3) is 4.06. The van der Waals surface area contributed by atoms with E-state index in [1.54, 1.807) is 12.1 Å².